The minimum Gasteiger partial charge on any atom is -0.503 e. The van der Waals surface area contributed by atoms with E-state index in [2.05, 4.69) is 0 Å². The van der Waals surface area contributed by atoms with E-state index in [9.17, 15) is 13.6 Å². The molecule has 17 heavy (non-hydrogen) atoms. The van der Waals surface area contributed by atoms with Gasteiger partial charge in [-0.25, -0.2) is 9.18 Å². The second-order valence-corrected chi connectivity index (χ2v) is 4.08. The molecule has 0 unspecified atom stereocenters. The fourth-order valence-corrected chi connectivity index (χ4v) is 1.60. The van der Waals surface area contributed by atoms with Crippen LogP contribution in [0.25, 0.3) is 11.0 Å². The third-order valence-electron chi connectivity index (χ3n) is 2.54. The summed E-state index contributed by atoms with van der Waals surface area (Å²) in [4.78, 5) is 11.5. The average Bonchev–Trinajstić information content (AvgIpc) is 2.26. The molecule has 0 radical (unpaired) electrons. The summed E-state index contributed by atoms with van der Waals surface area (Å²) in [6, 6.07) is 2.31. The molecule has 0 aliphatic rings. The molecule has 0 aliphatic carbocycles. The van der Waals surface area contributed by atoms with E-state index in [1.165, 1.54) is 6.07 Å². The summed E-state index contributed by atoms with van der Waals surface area (Å²) in [5, 5.41) is 9.17. The van der Waals surface area contributed by atoms with Crippen molar-refractivity contribution in [1.29, 1.82) is 0 Å². The number of fused-ring (bicyclic) bond motifs is 1. The maximum absolute atomic E-state index is 13.4. The van der Waals surface area contributed by atoms with Gasteiger partial charge in [-0.15, -0.1) is 0 Å². The van der Waals surface area contributed by atoms with Crippen LogP contribution in [0.3, 0.4) is 0 Å². The van der Waals surface area contributed by atoms with Crippen LogP contribution in [-0.2, 0) is 0 Å². The second-order valence-electron chi connectivity index (χ2n) is 4.08. The van der Waals surface area contributed by atoms with Crippen LogP contribution in [0.15, 0.2) is 21.3 Å². The fraction of sp³-hybridized carbons (Fsp3) is 0.250. The van der Waals surface area contributed by atoms with Gasteiger partial charge in [-0.05, 0) is 18.1 Å². The molecule has 5 heteroatoms. The van der Waals surface area contributed by atoms with Crippen molar-refractivity contribution in [1.82, 2.24) is 0 Å². The molecule has 0 aliphatic heterocycles. The molecule has 0 saturated carbocycles. The summed E-state index contributed by atoms with van der Waals surface area (Å²) >= 11 is 0. The lowest BCUT2D eigenvalue weighted by Gasteiger charge is -2.06. The standard InChI is InChI=1S/C12H10F2O3/c1-5(2)7-3-6-4-8(13)10(15)9(14)11(6)17-12(7)16/h3-5,15H,1-2H3. The summed E-state index contributed by atoms with van der Waals surface area (Å²) in [7, 11) is 0. The molecule has 1 heterocycles. The quantitative estimate of drug-likeness (QED) is 0.780. The number of hydrogen-bond donors (Lipinski definition) is 1. The van der Waals surface area contributed by atoms with Crippen molar-refractivity contribution in [2.45, 2.75) is 19.8 Å². The van der Waals surface area contributed by atoms with Crippen molar-refractivity contribution in [2.24, 2.45) is 0 Å². The first-order valence-electron chi connectivity index (χ1n) is 5.06. The summed E-state index contributed by atoms with van der Waals surface area (Å²) in [6.07, 6.45) is 0. The third kappa shape index (κ3) is 1.77. The fourth-order valence-electron chi connectivity index (χ4n) is 1.60. The highest BCUT2D eigenvalue weighted by atomic mass is 19.1. The zero-order valence-corrected chi connectivity index (χ0v) is 9.25. The number of halogens is 2. The van der Waals surface area contributed by atoms with Gasteiger partial charge in [0.25, 0.3) is 0 Å². The third-order valence-corrected chi connectivity index (χ3v) is 2.54. The van der Waals surface area contributed by atoms with Crippen LogP contribution >= 0.6 is 0 Å². The number of benzene rings is 1. The first kappa shape index (κ1) is 11.6. The van der Waals surface area contributed by atoms with Gasteiger partial charge in [0.1, 0.15) is 0 Å². The van der Waals surface area contributed by atoms with Crippen LogP contribution in [0.2, 0.25) is 0 Å². The lowest BCUT2D eigenvalue weighted by molar-refractivity contribution is 0.392. The van der Waals surface area contributed by atoms with Crippen molar-refractivity contribution in [3.05, 3.63) is 39.8 Å². The number of phenols is 1. The van der Waals surface area contributed by atoms with Crippen molar-refractivity contribution in [3.63, 3.8) is 0 Å². The Balaban J connectivity index is 2.89. The van der Waals surface area contributed by atoms with Gasteiger partial charge in [0.15, 0.2) is 17.1 Å². The molecule has 0 saturated heterocycles. The van der Waals surface area contributed by atoms with Gasteiger partial charge in [0.2, 0.25) is 5.82 Å². The van der Waals surface area contributed by atoms with Crippen LogP contribution in [0, 0.1) is 11.6 Å². The zero-order valence-electron chi connectivity index (χ0n) is 9.25. The Kier molecular flexibility index (Phi) is 2.61. The molecule has 0 spiro atoms. The van der Waals surface area contributed by atoms with E-state index in [4.69, 9.17) is 9.52 Å². The minimum absolute atomic E-state index is 0.112. The Morgan fingerprint density at radius 2 is 1.94 bits per heavy atom. The van der Waals surface area contributed by atoms with Crippen LogP contribution in [0.5, 0.6) is 5.75 Å². The van der Waals surface area contributed by atoms with Gasteiger partial charge in [0.05, 0.1) is 0 Å². The summed E-state index contributed by atoms with van der Waals surface area (Å²) in [5.41, 5.74) is -0.780. The number of rotatable bonds is 1. The van der Waals surface area contributed by atoms with Gasteiger partial charge in [-0.3, -0.25) is 0 Å². The largest absolute Gasteiger partial charge is 0.503 e. The predicted molar refractivity (Wildman–Crippen MR) is 58.2 cm³/mol. The van der Waals surface area contributed by atoms with Crippen LogP contribution in [0.1, 0.15) is 25.3 Å². The molecular weight excluding hydrogens is 230 g/mol. The summed E-state index contributed by atoms with van der Waals surface area (Å²) in [6.45, 7) is 3.54. The molecule has 2 aromatic rings. The van der Waals surface area contributed by atoms with Gasteiger partial charge in [-0.2, -0.15) is 4.39 Å². The van der Waals surface area contributed by atoms with E-state index < -0.39 is 28.6 Å². The Morgan fingerprint density at radius 3 is 2.53 bits per heavy atom. The second kappa shape index (κ2) is 3.84. The van der Waals surface area contributed by atoms with E-state index in [0.717, 1.165) is 6.07 Å². The van der Waals surface area contributed by atoms with E-state index in [1.807, 2.05) is 0 Å². The van der Waals surface area contributed by atoms with E-state index in [1.54, 1.807) is 13.8 Å². The normalized spacial score (nSPS) is 11.4. The Hall–Kier alpha value is -1.91. The molecule has 1 aromatic carbocycles. The molecule has 2 rings (SSSR count). The smallest absolute Gasteiger partial charge is 0.339 e. The van der Waals surface area contributed by atoms with Crippen LogP contribution in [0.4, 0.5) is 8.78 Å². The number of aromatic hydroxyl groups is 1. The first-order valence-corrected chi connectivity index (χ1v) is 5.06. The minimum atomic E-state index is -1.26. The number of phenolic OH excluding ortho intramolecular Hbond substituents is 1. The molecule has 0 bridgehead atoms. The number of hydrogen-bond acceptors (Lipinski definition) is 3. The maximum atomic E-state index is 13.4. The van der Waals surface area contributed by atoms with Crippen molar-refractivity contribution in [3.8, 4) is 5.75 Å². The highest BCUT2D eigenvalue weighted by Gasteiger charge is 2.17. The van der Waals surface area contributed by atoms with Crippen molar-refractivity contribution in [2.75, 3.05) is 0 Å². The molecule has 0 amide bonds. The molecule has 90 valence electrons. The zero-order chi connectivity index (χ0) is 12.7. The summed E-state index contributed by atoms with van der Waals surface area (Å²) in [5.74, 6) is -3.60. The molecule has 0 atom stereocenters. The first-order chi connectivity index (χ1) is 7.91. The Bertz CT molecular complexity index is 644. The topological polar surface area (TPSA) is 50.4 Å². The van der Waals surface area contributed by atoms with Crippen molar-refractivity contribution < 1.29 is 18.3 Å². The van der Waals surface area contributed by atoms with Crippen LogP contribution < -0.4 is 5.63 Å². The monoisotopic (exact) mass is 240 g/mol. The highest BCUT2D eigenvalue weighted by molar-refractivity contribution is 5.79. The average molecular weight is 240 g/mol. The molecule has 1 N–H and O–H groups in total. The lowest BCUT2D eigenvalue weighted by Crippen LogP contribution is -2.09. The van der Waals surface area contributed by atoms with Crippen molar-refractivity contribution >= 4 is 11.0 Å². The van der Waals surface area contributed by atoms with Crippen LogP contribution in [-0.4, -0.2) is 5.11 Å². The molecular formula is C12H10F2O3. The molecule has 3 nitrogen and oxygen atoms in total. The van der Waals surface area contributed by atoms with Gasteiger partial charge >= 0.3 is 5.63 Å². The predicted octanol–water partition coefficient (Wildman–Crippen LogP) is 2.90. The Labute approximate surface area is 95.3 Å². The lowest BCUT2D eigenvalue weighted by atomic mass is 10.0. The van der Waals surface area contributed by atoms with E-state index in [0.29, 0.717) is 5.56 Å². The summed E-state index contributed by atoms with van der Waals surface area (Å²) < 4.78 is 31.3. The van der Waals surface area contributed by atoms with E-state index >= 15 is 0 Å². The molecule has 1 aromatic heterocycles. The maximum Gasteiger partial charge on any atom is 0.339 e. The van der Waals surface area contributed by atoms with Gasteiger partial charge < -0.3 is 9.52 Å². The Morgan fingerprint density at radius 1 is 1.29 bits per heavy atom. The van der Waals surface area contributed by atoms with E-state index in [-0.39, 0.29) is 11.3 Å². The van der Waals surface area contributed by atoms with Gasteiger partial charge in [-0.1, -0.05) is 13.8 Å². The van der Waals surface area contributed by atoms with Gasteiger partial charge in [0, 0.05) is 10.9 Å². The molecule has 0 fully saturated rings. The highest BCUT2D eigenvalue weighted by Crippen LogP contribution is 2.29. The SMILES string of the molecule is CC(C)c1cc2cc(F)c(O)c(F)c2oc1=O.